The van der Waals surface area contributed by atoms with Crippen molar-refractivity contribution in [3.63, 3.8) is 0 Å². The number of carbonyl (C=O) groups is 2. The second-order valence-electron chi connectivity index (χ2n) is 8.81. The van der Waals surface area contributed by atoms with Gasteiger partial charge in [0.05, 0.1) is 13.5 Å². The maximum Gasteiger partial charge on any atom is 0.271 e. The molecule has 2 heterocycles. The minimum Gasteiger partial charge on any atom is -0.481 e. The summed E-state index contributed by atoms with van der Waals surface area (Å²) in [6, 6.07) is 5.89. The molecule has 12 heteroatoms. The molecule has 1 unspecified atom stereocenters. The summed E-state index contributed by atoms with van der Waals surface area (Å²) in [4.78, 5) is 42.7. The number of rotatable bonds is 7. The number of pyridine rings is 1. The van der Waals surface area contributed by atoms with Crippen molar-refractivity contribution in [1.29, 1.82) is 0 Å². The number of benzene rings is 1. The van der Waals surface area contributed by atoms with Gasteiger partial charge >= 0.3 is 0 Å². The fraction of sp³-hybridized carbons (Fsp3) is 0.320. The Labute approximate surface area is 213 Å². The van der Waals surface area contributed by atoms with E-state index in [2.05, 4.69) is 14.8 Å². The second-order valence-corrected chi connectivity index (χ2v) is 10.7. The minimum absolute atomic E-state index is 0.0856. The fourth-order valence-electron chi connectivity index (χ4n) is 4.44. The van der Waals surface area contributed by atoms with E-state index in [0.717, 1.165) is 12.0 Å². The van der Waals surface area contributed by atoms with E-state index in [4.69, 9.17) is 4.74 Å². The van der Waals surface area contributed by atoms with Gasteiger partial charge in [0.25, 0.3) is 5.91 Å². The lowest BCUT2D eigenvalue weighted by Gasteiger charge is -2.17. The zero-order valence-electron chi connectivity index (χ0n) is 20.8. The quantitative estimate of drug-likeness (QED) is 0.465. The Morgan fingerprint density at radius 2 is 1.97 bits per heavy atom. The number of methoxy groups -OCH3 is 1. The first-order chi connectivity index (χ1) is 17.6. The van der Waals surface area contributed by atoms with Gasteiger partial charge in [-0.05, 0) is 59.2 Å². The van der Waals surface area contributed by atoms with Crippen LogP contribution in [0.3, 0.4) is 0 Å². The largest absolute Gasteiger partial charge is 0.481 e. The molecule has 0 aliphatic heterocycles. The topological polar surface area (TPSA) is 123 Å². The van der Waals surface area contributed by atoms with E-state index in [-0.39, 0.29) is 23.0 Å². The average Bonchev–Trinajstić information content (AvgIpc) is 3.53. The average molecular weight is 528 g/mol. The van der Waals surface area contributed by atoms with Crippen LogP contribution in [0.1, 0.15) is 33.6 Å². The fourth-order valence-corrected chi connectivity index (χ4v) is 5.57. The number of carbonyl (C=O) groups excluding carboxylic acids is 3. The van der Waals surface area contributed by atoms with Crippen molar-refractivity contribution < 1.29 is 27.7 Å². The summed E-state index contributed by atoms with van der Waals surface area (Å²) < 4.78 is 37.0. The first kappa shape index (κ1) is 26.1. The van der Waals surface area contributed by atoms with Gasteiger partial charge in [-0.15, -0.1) is 0 Å². The molecule has 37 heavy (non-hydrogen) atoms. The number of halogens is 1. The third-order valence-corrected chi connectivity index (χ3v) is 7.75. The molecule has 0 saturated carbocycles. The standard InChI is InChI=1S/C25H26FN5O5S/c1-30(2)25(34)21-13-24(28-31(21)3)37(35,14-32)29-22(33)12-19-16-6-5-7-17(16)20(26)11-18(19)15-8-9-27-23(10-15)36-4/h8-11,13H,5-7,12H2,1-4H3,(H,29,33,35). The maximum absolute atomic E-state index is 15.0. The van der Waals surface area contributed by atoms with E-state index in [1.807, 2.05) is 0 Å². The summed E-state index contributed by atoms with van der Waals surface area (Å²) >= 11 is 0. The smallest absolute Gasteiger partial charge is 0.271 e. The Morgan fingerprint density at radius 3 is 2.65 bits per heavy atom. The van der Waals surface area contributed by atoms with Crippen molar-refractivity contribution in [1.82, 2.24) is 24.4 Å². The molecule has 1 atom stereocenters. The molecule has 0 radical (unpaired) electrons. The Bertz CT molecular complexity index is 1550. The van der Waals surface area contributed by atoms with Crippen molar-refractivity contribution in [3.05, 3.63) is 58.7 Å². The molecule has 194 valence electrons. The molecule has 1 aliphatic rings. The number of hydrogen-bond donors (Lipinski definition) is 1. The number of nitrogens with one attached hydrogen (secondary N) is 1. The van der Waals surface area contributed by atoms with Crippen molar-refractivity contribution in [3.8, 4) is 17.0 Å². The molecule has 0 saturated heterocycles. The van der Waals surface area contributed by atoms with E-state index in [1.165, 1.54) is 61.4 Å². The zero-order valence-corrected chi connectivity index (χ0v) is 21.6. The Hall–Kier alpha value is -4.02. The van der Waals surface area contributed by atoms with Crippen LogP contribution in [0.2, 0.25) is 0 Å². The predicted octanol–water partition coefficient (Wildman–Crippen LogP) is 1.80. The first-order valence-corrected chi connectivity index (χ1v) is 13.0. The van der Waals surface area contributed by atoms with Crippen LogP contribution in [-0.2, 0) is 45.6 Å². The van der Waals surface area contributed by atoms with Gasteiger partial charge in [0, 0.05) is 39.5 Å². The summed E-state index contributed by atoms with van der Waals surface area (Å²) in [5, 5.41) is 5.13. The lowest BCUT2D eigenvalue weighted by molar-refractivity contribution is -0.118. The molecule has 3 aromatic rings. The maximum atomic E-state index is 15.0. The summed E-state index contributed by atoms with van der Waals surface area (Å²) in [5.74, 6) is -1.19. The number of fused-ring (bicyclic) bond motifs is 1. The number of amides is 2. The van der Waals surface area contributed by atoms with Gasteiger partial charge in [-0.2, -0.15) is 5.10 Å². The van der Waals surface area contributed by atoms with Gasteiger partial charge in [-0.1, -0.05) is 0 Å². The second kappa shape index (κ2) is 10.2. The van der Waals surface area contributed by atoms with Gasteiger partial charge in [0.1, 0.15) is 11.5 Å². The minimum atomic E-state index is -3.91. The van der Waals surface area contributed by atoms with Crippen LogP contribution in [0.4, 0.5) is 4.39 Å². The molecule has 2 aromatic heterocycles. The highest BCUT2D eigenvalue weighted by molar-refractivity contribution is 7.99. The molecule has 1 N–H and O–H groups in total. The molecule has 1 aromatic carbocycles. The highest BCUT2D eigenvalue weighted by Gasteiger charge is 2.27. The van der Waals surface area contributed by atoms with Crippen LogP contribution in [0.15, 0.2) is 35.5 Å². The van der Waals surface area contributed by atoms with Crippen LogP contribution in [0.25, 0.3) is 11.1 Å². The Kier molecular flexibility index (Phi) is 7.15. The van der Waals surface area contributed by atoms with Gasteiger partial charge < -0.3 is 9.64 Å². The molecule has 0 spiro atoms. The molecule has 4 rings (SSSR count). The Balaban J connectivity index is 1.71. The normalized spacial score (nSPS) is 13.9. The predicted molar refractivity (Wildman–Crippen MR) is 133 cm³/mol. The molecular formula is C25H26FN5O5S. The summed E-state index contributed by atoms with van der Waals surface area (Å²) in [7, 11) is 2.10. The number of ether oxygens (including phenoxy) is 1. The van der Waals surface area contributed by atoms with Crippen molar-refractivity contribution in [2.75, 3.05) is 21.2 Å². The van der Waals surface area contributed by atoms with Crippen LogP contribution in [0, 0.1) is 5.82 Å². The van der Waals surface area contributed by atoms with Gasteiger partial charge in [-0.25, -0.2) is 18.4 Å². The highest BCUT2D eigenvalue weighted by Crippen LogP contribution is 2.36. The van der Waals surface area contributed by atoms with Crippen LogP contribution in [0.5, 0.6) is 5.88 Å². The molecular weight excluding hydrogens is 501 g/mol. The van der Waals surface area contributed by atoms with Gasteiger partial charge in [0.15, 0.2) is 14.7 Å². The first-order valence-electron chi connectivity index (χ1n) is 11.4. The van der Waals surface area contributed by atoms with E-state index in [1.54, 1.807) is 12.1 Å². The highest BCUT2D eigenvalue weighted by atomic mass is 32.2. The molecule has 10 nitrogen and oxygen atoms in total. The third kappa shape index (κ3) is 4.98. The Morgan fingerprint density at radius 1 is 1.24 bits per heavy atom. The van der Waals surface area contributed by atoms with Crippen LogP contribution < -0.4 is 9.46 Å². The van der Waals surface area contributed by atoms with Crippen molar-refractivity contribution in [2.45, 2.75) is 30.7 Å². The zero-order chi connectivity index (χ0) is 26.9. The molecule has 2 amide bonds. The van der Waals surface area contributed by atoms with E-state index < -0.39 is 21.5 Å². The summed E-state index contributed by atoms with van der Waals surface area (Å²) in [5.41, 5.74) is 3.00. The monoisotopic (exact) mass is 527 g/mol. The van der Waals surface area contributed by atoms with Gasteiger partial charge in [0.2, 0.25) is 17.0 Å². The van der Waals surface area contributed by atoms with E-state index in [0.29, 0.717) is 41.0 Å². The lowest BCUT2D eigenvalue weighted by Crippen LogP contribution is -2.33. The molecule has 0 fully saturated rings. The van der Waals surface area contributed by atoms with Gasteiger partial charge in [-0.3, -0.25) is 19.0 Å². The van der Waals surface area contributed by atoms with E-state index in [9.17, 15) is 23.0 Å². The molecule has 1 aliphatic carbocycles. The molecule has 0 bridgehead atoms. The third-order valence-electron chi connectivity index (χ3n) is 6.21. The van der Waals surface area contributed by atoms with Crippen molar-refractivity contribution in [2.24, 2.45) is 7.05 Å². The number of nitrogens with zero attached hydrogens (tertiary/aromatic N) is 4. The van der Waals surface area contributed by atoms with Crippen molar-refractivity contribution >= 4 is 26.8 Å². The summed E-state index contributed by atoms with van der Waals surface area (Å²) in [6.45, 7) is 0. The van der Waals surface area contributed by atoms with Crippen LogP contribution in [-0.4, -0.2) is 62.1 Å². The summed E-state index contributed by atoms with van der Waals surface area (Å²) in [6.07, 6.45) is 3.11. The lowest BCUT2D eigenvalue weighted by atomic mass is 9.91. The SMILES string of the molecule is COc1cc(-c2cc(F)c3c(c2CC(=O)NS(=O)(=C=O)c2cc(C(=O)N(C)C)n(C)n2)CCC3)ccn1. The number of aryl methyl sites for hydroxylation is 1. The van der Waals surface area contributed by atoms with E-state index >= 15 is 0 Å². The van der Waals surface area contributed by atoms with Crippen LogP contribution >= 0.6 is 0 Å². The number of aromatic nitrogens is 3. The number of hydrogen-bond acceptors (Lipinski definition) is 7.